The predicted molar refractivity (Wildman–Crippen MR) is 61.8 cm³/mol. The molecule has 1 saturated carbocycles. The highest BCUT2D eigenvalue weighted by atomic mass is 79.9. The Balaban J connectivity index is 2.58. The van der Waals surface area contributed by atoms with Crippen LogP contribution in [0.4, 0.5) is 8.78 Å². The van der Waals surface area contributed by atoms with Crippen molar-refractivity contribution in [3.63, 3.8) is 0 Å². The smallest absolute Gasteiger partial charge is 0.314 e. The molecule has 2 rings (SSSR count). The van der Waals surface area contributed by atoms with Gasteiger partial charge in [-0.15, -0.1) is 0 Å². The number of aliphatic carboxylic acids is 1. The summed E-state index contributed by atoms with van der Waals surface area (Å²) in [5.41, 5.74) is -1.11. The van der Waals surface area contributed by atoms with Crippen molar-refractivity contribution in [2.75, 3.05) is 0 Å². The molecule has 0 heterocycles. The zero-order chi connectivity index (χ0) is 12.6. The monoisotopic (exact) mass is 304 g/mol. The second-order valence-electron chi connectivity index (χ2n) is 4.34. The molecule has 0 unspecified atom stereocenters. The Kier molecular flexibility index (Phi) is 3.21. The van der Waals surface area contributed by atoms with Crippen molar-refractivity contribution < 1.29 is 18.7 Å². The van der Waals surface area contributed by atoms with Gasteiger partial charge >= 0.3 is 5.97 Å². The Morgan fingerprint density at radius 1 is 1.24 bits per heavy atom. The van der Waals surface area contributed by atoms with Gasteiger partial charge in [0.1, 0.15) is 11.6 Å². The highest BCUT2D eigenvalue weighted by Crippen LogP contribution is 2.43. The molecule has 0 saturated heterocycles. The van der Waals surface area contributed by atoms with E-state index in [4.69, 9.17) is 0 Å². The molecule has 0 radical (unpaired) electrons. The average molecular weight is 305 g/mol. The number of halogens is 3. The van der Waals surface area contributed by atoms with E-state index < -0.39 is 23.0 Å². The second kappa shape index (κ2) is 4.37. The first-order valence-corrected chi connectivity index (χ1v) is 6.15. The van der Waals surface area contributed by atoms with Crippen molar-refractivity contribution in [1.29, 1.82) is 0 Å². The first-order valence-electron chi connectivity index (χ1n) is 5.36. The molecule has 2 nitrogen and oxygen atoms in total. The lowest BCUT2D eigenvalue weighted by Gasteiger charge is -2.25. The maximum Gasteiger partial charge on any atom is 0.314 e. The van der Waals surface area contributed by atoms with Gasteiger partial charge in [-0.25, -0.2) is 8.78 Å². The van der Waals surface area contributed by atoms with E-state index in [-0.39, 0.29) is 10.0 Å². The summed E-state index contributed by atoms with van der Waals surface area (Å²) >= 11 is 2.97. The van der Waals surface area contributed by atoms with Crippen LogP contribution in [0.15, 0.2) is 16.6 Å². The topological polar surface area (TPSA) is 37.3 Å². The van der Waals surface area contributed by atoms with Crippen LogP contribution in [0.3, 0.4) is 0 Å². The standard InChI is InChI=1S/C12H11BrF2O2/c13-8-5-7(9(14)6-10(8)15)12(11(16)17)3-1-2-4-12/h5-6H,1-4H2,(H,16,17). The molecule has 0 aliphatic heterocycles. The van der Waals surface area contributed by atoms with Gasteiger partial charge < -0.3 is 5.11 Å². The molecule has 0 aromatic heterocycles. The van der Waals surface area contributed by atoms with Crippen molar-refractivity contribution in [1.82, 2.24) is 0 Å². The number of rotatable bonds is 2. The Labute approximate surface area is 106 Å². The van der Waals surface area contributed by atoms with Gasteiger partial charge in [-0.05, 0) is 34.8 Å². The average Bonchev–Trinajstić information content (AvgIpc) is 2.73. The SMILES string of the molecule is O=C(O)C1(c2cc(Br)c(F)cc2F)CCCC1. The first kappa shape index (κ1) is 12.5. The molecule has 1 N–H and O–H groups in total. The molecule has 1 aromatic carbocycles. The highest BCUT2D eigenvalue weighted by molar-refractivity contribution is 9.10. The van der Waals surface area contributed by atoms with Gasteiger partial charge in [0.2, 0.25) is 0 Å². The van der Waals surface area contributed by atoms with E-state index in [0.717, 1.165) is 18.9 Å². The molecule has 1 aliphatic rings. The van der Waals surface area contributed by atoms with Crippen LogP contribution in [0, 0.1) is 11.6 Å². The summed E-state index contributed by atoms with van der Waals surface area (Å²) in [5.74, 6) is -2.54. The molecule has 0 spiro atoms. The Hall–Kier alpha value is -0.970. The minimum absolute atomic E-state index is 0.0794. The number of carbonyl (C=O) groups is 1. The van der Waals surface area contributed by atoms with Gasteiger partial charge in [0, 0.05) is 11.6 Å². The van der Waals surface area contributed by atoms with Gasteiger partial charge in [-0.3, -0.25) is 4.79 Å². The summed E-state index contributed by atoms with van der Waals surface area (Å²) in [4.78, 5) is 11.4. The zero-order valence-corrected chi connectivity index (χ0v) is 10.6. The summed E-state index contributed by atoms with van der Waals surface area (Å²) in [7, 11) is 0. The predicted octanol–water partition coefficient (Wildman–Crippen LogP) is 3.62. The van der Waals surface area contributed by atoms with E-state index in [2.05, 4.69) is 15.9 Å². The fourth-order valence-electron chi connectivity index (χ4n) is 2.47. The summed E-state index contributed by atoms with van der Waals surface area (Å²) in [6.45, 7) is 0. The largest absolute Gasteiger partial charge is 0.481 e. The minimum Gasteiger partial charge on any atom is -0.481 e. The molecule has 5 heteroatoms. The fourth-order valence-corrected chi connectivity index (χ4v) is 2.81. The van der Waals surface area contributed by atoms with Gasteiger partial charge in [0.25, 0.3) is 0 Å². The molecule has 1 aromatic rings. The third-order valence-electron chi connectivity index (χ3n) is 3.39. The summed E-state index contributed by atoms with van der Waals surface area (Å²) < 4.78 is 27.0. The van der Waals surface area contributed by atoms with E-state index in [9.17, 15) is 18.7 Å². The lowest BCUT2D eigenvalue weighted by Crippen LogP contribution is -2.33. The van der Waals surface area contributed by atoms with Crippen LogP contribution >= 0.6 is 15.9 Å². The maximum atomic E-state index is 13.8. The molecule has 0 amide bonds. The van der Waals surface area contributed by atoms with Crippen LogP contribution in [0.5, 0.6) is 0 Å². The van der Waals surface area contributed by atoms with Crippen LogP contribution in [-0.2, 0) is 10.2 Å². The van der Waals surface area contributed by atoms with E-state index in [1.807, 2.05) is 0 Å². The molecule has 1 aliphatic carbocycles. The minimum atomic E-state index is -1.19. The van der Waals surface area contributed by atoms with Crippen LogP contribution in [-0.4, -0.2) is 11.1 Å². The maximum absolute atomic E-state index is 13.8. The molecule has 17 heavy (non-hydrogen) atoms. The molecule has 0 atom stereocenters. The first-order chi connectivity index (χ1) is 7.97. The number of hydrogen-bond donors (Lipinski definition) is 1. The number of carboxylic acid groups (broad SMARTS) is 1. The molecule has 92 valence electrons. The quantitative estimate of drug-likeness (QED) is 0.847. The number of carboxylic acids is 1. The molecule has 1 fully saturated rings. The van der Waals surface area contributed by atoms with Crippen LogP contribution in [0.1, 0.15) is 31.2 Å². The summed E-state index contributed by atoms with van der Waals surface area (Å²) in [6.07, 6.45) is 2.30. The third kappa shape index (κ3) is 1.97. The van der Waals surface area contributed by atoms with Gasteiger partial charge in [-0.1, -0.05) is 12.8 Å². The van der Waals surface area contributed by atoms with E-state index in [0.29, 0.717) is 12.8 Å². The van der Waals surface area contributed by atoms with Crippen molar-refractivity contribution in [2.45, 2.75) is 31.1 Å². The lowest BCUT2D eigenvalue weighted by atomic mass is 9.78. The van der Waals surface area contributed by atoms with Crippen LogP contribution in [0.2, 0.25) is 0 Å². The van der Waals surface area contributed by atoms with Crippen LogP contribution < -0.4 is 0 Å². The van der Waals surface area contributed by atoms with E-state index in [1.54, 1.807) is 0 Å². The molecule has 0 bridgehead atoms. The normalized spacial score (nSPS) is 18.3. The van der Waals surface area contributed by atoms with Gasteiger partial charge in [0.15, 0.2) is 0 Å². The molecular weight excluding hydrogens is 294 g/mol. The Morgan fingerprint density at radius 2 is 1.82 bits per heavy atom. The highest BCUT2D eigenvalue weighted by Gasteiger charge is 2.44. The van der Waals surface area contributed by atoms with Gasteiger partial charge in [0.05, 0.1) is 9.89 Å². The van der Waals surface area contributed by atoms with Crippen molar-refractivity contribution in [3.8, 4) is 0 Å². The Bertz CT molecular complexity index is 468. The molecular formula is C12H11BrF2O2. The van der Waals surface area contributed by atoms with Crippen LogP contribution in [0.25, 0.3) is 0 Å². The number of hydrogen-bond acceptors (Lipinski definition) is 1. The van der Waals surface area contributed by atoms with Crippen molar-refractivity contribution >= 4 is 21.9 Å². The van der Waals surface area contributed by atoms with Crippen molar-refractivity contribution in [3.05, 3.63) is 33.8 Å². The third-order valence-corrected chi connectivity index (χ3v) is 4.00. The zero-order valence-electron chi connectivity index (χ0n) is 8.97. The van der Waals surface area contributed by atoms with Gasteiger partial charge in [-0.2, -0.15) is 0 Å². The second-order valence-corrected chi connectivity index (χ2v) is 5.19. The lowest BCUT2D eigenvalue weighted by molar-refractivity contribution is -0.143. The summed E-state index contributed by atoms with van der Waals surface area (Å²) in [6, 6.07) is 1.99. The summed E-state index contributed by atoms with van der Waals surface area (Å²) in [5, 5.41) is 9.33. The van der Waals surface area contributed by atoms with Crippen molar-refractivity contribution in [2.24, 2.45) is 0 Å². The van der Waals surface area contributed by atoms with E-state index >= 15 is 0 Å². The number of benzene rings is 1. The fraction of sp³-hybridized carbons (Fsp3) is 0.417. The Morgan fingerprint density at radius 3 is 2.35 bits per heavy atom. The van der Waals surface area contributed by atoms with E-state index in [1.165, 1.54) is 6.07 Å².